The van der Waals surface area contributed by atoms with E-state index in [1.54, 1.807) is 7.11 Å². The first-order valence-corrected chi connectivity index (χ1v) is 8.52. The molecule has 1 heterocycles. The number of nitrogens with one attached hydrogen (secondary N) is 1. The molecule has 0 saturated carbocycles. The Labute approximate surface area is 152 Å². The molecule has 0 radical (unpaired) electrons. The molecule has 134 valence electrons. The molecule has 26 heavy (non-hydrogen) atoms. The average molecular weight is 351 g/mol. The number of rotatable bonds is 8. The lowest BCUT2D eigenvalue weighted by molar-refractivity contribution is -0.121. The first-order chi connectivity index (χ1) is 12.8. The summed E-state index contributed by atoms with van der Waals surface area (Å²) in [6, 6.07) is 17.5. The number of methoxy groups -OCH3 is 1. The number of hydrogen-bond donors (Lipinski definition) is 1. The molecule has 1 aromatic heterocycles. The zero-order valence-electron chi connectivity index (χ0n) is 14.6. The molecule has 0 spiro atoms. The maximum Gasteiger partial charge on any atom is 0.251 e. The van der Waals surface area contributed by atoms with Crippen molar-refractivity contribution < 1.29 is 13.9 Å². The van der Waals surface area contributed by atoms with Crippen molar-refractivity contribution in [3.8, 4) is 17.2 Å². The molecule has 0 aliphatic heterocycles. The van der Waals surface area contributed by atoms with Crippen LogP contribution in [-0.4, -0.2) is 29.8 Å². The fourth-order valence-electron chi connectivity index (χ4n) is 2.58. The lowest BCUT2D eigenvalue weighted by Crippen LogP contribution is -2.25. The van der Waals surface area contributed by atoms with E-state index in [1.807, 2.05) is 54.6 Å². The van der Waals surface area contributed by atoms with Gasteiger partial charge in [-0.25, -0.2) is 0 Å². The Morgan fingerprint density at radius 2 is 1.81 bits per heavy atom. The second-order valence-corrected chi connectivity index (χ2v) is 5.79. The van der Waals surface area contributed by atoms with Crippen LogP contribution >= 0.6 is 0 Å². The second-order valence-electron chi connectivity index (χ2n) is 5.79. The molecule has 3 rings (SSSR count). The van der Waals surface area contributed by atoms with Crippen LogP contribution < -0.4 is 10.1 Å². The van der Waals surface area contributed by atoms with E-state index >= 15 is 0 Å². The molecule has 1 amide bonds. The van der Waals surface area contributed by atoms with E-state index in [0.717, 1.165) is 12.0 Å². The predicted octanol–water partition coefficient (Wildman–Crippen LogP) is 3.04. The van der Waals surface area contributed by atoms with Crippen LogP contribution in [0.1, 0.15) is 17.9 Å². The number of carbonyl (C=O) groups excluding carboxylic acids is 1. The molecule has 0 atom stereocenters. The van der Waals surface area contributed by atoms with E-state index in [2.05, 4.69) is 15.5 Å². The zero-order chi connectivity index (χ0) is 18.2. The number of benzene rings is 2. The number of para-hydroxylation sites is 1. The number of carbonyl (C=O) groups is 1. The van der Waals surface area contributed by atoms with Gasteiger partial charge in [-0.2, -0.15) is 0 Å². The fraction of sp³-hybridized carbons (Fsp3) is 0.250. The summed E-state index contributed by atoms with van der Waals surface area (Å²) in [6.07, 6.45) is 1.52. The van der Waals surface area contributed by atoms with Crippen molar-refractivity contribution in [2.45, 2.75) is 19.3 Å². The predicted molar refractivity (Wildman–Crippen MR) is 97.8 cm³/mol. The number of amides is 1. The normalized spacial score (nSPS) is 10.5. The Kier molecular flexibility index (Phi) is 5.98. The van der Waals surface area contributed by atoms with Gasteiger partial charge in [-0.15, -0.1) is 10.2 Å². The van der Waals surface area contributed by atoms with Gasteiger partial charge in [0.2, 0.25) is 11.8 Å². The number of hydrogen-bond acceptors (Lipinski definition) is 5. The molecule has 6 nitrogen and oxygen atoms in total. The van der Waals surface area contributed by atoms with Crippen LogP contribution in [0.25, 0.3) is 11.5 Å². The molecule has 0 aliphatic rings. The molecule has 1 N–H and O–H groups in total. The third kappa shape index (κ3) is 4.69. The second kappa shape index (κ2) is 8.80. The Morgan fingerprint density at radius 1 is 1.04 bits per heavy atom. The largest absolute Gasteiger partial charge is 0.496 e. The van der Waals surface area contributed by atoms with Crippen LogP contribution in [0.15, 0.2) is 59.0 Å². The van der Waals surface area contributed by atoms with Crippen molar-refractivity contribution in [1.29, 1.82) is 0 Å². The maximum atomic E-state index is 12.0. The monoisotopic (exact) mass is 351 g/mol. The number of aryl methyl sites for hydroxylation is 1. The first-order valence-electron chi connectivity index (χ1n) is 8.52. The summed E-state index contributed by atoms with van der Waals surface area (Å²) in [7, 11) is 1.59. The van der Waals surface area contributed by atoms with Gasteiger partial charge in [0.05, 0.1) is 12.7 Å². The summed E-state index contributed by atoms with van der Waals surface area (Å²) < 4.78 is 11.0. The Balaban J connectivity index is 1.48. The van der Waals surface area contributed by atoms with E-state index in [9.17, 15) is 4.79 Å². The lowest BCUT2D eigenvalue weighted by atomic mass is 10.1. The fourth-order valence-corrected chi connectivity index (χ4v) is 2.58. The third-order valence-electron chi connectivity index (χ3n) is 3.95. The van der Waals surface area contributed by atoms with Gasteiger partial charge < -0.3 is 14.5 Å². The van der Waals surface area contributed by atoms with Gasteiger partial charge >= 0.3 is 0 Å². The summed E-state index contributed by atoms with van der Waals surface area (Å²) in [4.78, 5) is 12.0. The molecule has 0 unspecified atom stereocenters. The van der Waals surface area contributed by atoms with Crippen molar-refractivity contribution in [1.82, 2.24) is 15.5 Å². The van der Waals surface area contributed by atoms with Crippen LogP contribution in [-0.2, 0) is 17.6 Å². The molecule has 2 aromatic carbocycles. The Hall–Kier alpha value is -3.15. The molecule has 3 aromatic rings. The minimum Gasteiger partial charge on any atom is -0.496 e. The molecule has 0 saturated heterocycles. The van der Waals surface area contributed by atoms with Gasteiger partial charge in [-0.3, -0.25) is 4.79 Å². The third-order valence-corrected chi connectivity index (χ3v) is 3.95. The number of nitrogens with zero attached hydrogens (tertiary/aromatic N) is 2. The summed E-state index contributed by atoms with van der Waals surface area (Å²) in [6.45, 7) is 0.610. The van der Waals surface area contributed by atoms with Gasteiger partial charge in [-0.1, -0.05) is 42.5 Å². The topological polar surface area (TPSA) is 77.2 Å². The zero-order valence-corrected chi connectivity index (χ0v) is 14.6. The van der Waals surface area contributed by atoms with E-state index in [-0.39, 0.29) is 5.91 Å². The number of aromatic nitrogens is 2. The highest BCUT2D eigenvalue weighted by atomic mass is 16.5. The highest BCUT2D eigenvalue weighted by Gasteiger charge is 2.13. The molecule has 0 aliphatic carbocycles. The minimum absolute atomic E-state index is 0.0297. The van der Waals surface area contributed by atoms with Crippen molar-refractivity contribution in [2.75, 3.05) is 13.7 Å². The first kappa shape index (κ1) is 17.7. The Morgan fingerprint density at radius 3 is 2.62 bits per heavy atom. The van der Waals surface area contributed by atoms with E-state index < -0.39 is 0 Å². The molecule has 0 bridgehead atoms. The lowest BCUT2D eigenvalue weighted by Gasteiger charge is -2.04. The van der Waals surface area contributed by atoms with Crippen molar-refractivity contribution in [3.05, 3.63) is 66.1 Å². The summed E-state index contributed by atoms with van der Waals surface area (Å²) in [5, 5.41) is 11.0. The van der Waals surface area contributed by atoms with Crippen molar-refractivity contribution >= 4 is 5.91 Å². The molecule has 0 fully saturated rings. The smallest absolute Gasteiger partial charge is 0.251 e. The highest BCUT2D eigenvalue weighted by molar-refractivity contribution is 5.76. The van der Waals surface area contributed by atoms with Gasteiger partial charge in [0.25, 0.3) is 5.89 Å². The van der Waals surface area contributed by atoms with Crippen molar-refractivity contribution in [3.63, 3.8) is 0 Å². The standard InChI is InChI=1S/C20H21N3O3/c1-25-17-10-6-5-9-16(17)20-23-22-19(26-20)12-11-18(24)21-14-13-15-7-3-2-4-8-15/h2-10H,11-14H2,1H3,(H,21,24). The van der Waals surface area contributed by atoms with Crippen molar-refractivity contribution in [2.24, 2.45) is 0 Å². The van der Waals surface area contributed by atoms with Gasteiger partial charge in [0, 0.05) is 19.4 Å². The molecular formula is C20H21N3O3. The van der Waals surface area contributed by atoms with Crippen LogP contribution in [0.4, 0.5) is 0 Å². The van der Waals surface area contributed by atoms with Crippen LogP contribution in [0.3, 0.4) is 0 Å². The van der Waals surface area contributed by atoms with E-state index in [4.69, 9.17) is 9.15 Å². The molecular weight excluding hydrogens is 330 g/mol. The maximum absolute atomic E-state index is 12.0. The minimum atomic E-state index is -0.0297. The Bertz CT molecular complexity index is 846. The van der Waals surface area contributed by atoms with E-state index in [1.165, 1.54) is 5.56 Å². The van der Waals surface area contributed by atoms with Crippen LogP contribution in [0, 0.1) is 0 Å². The highest BCUT2D eigenvalue weighted by Crippen LogP contribution is 2.28. The number of ether oxygens (including phenoxy) is 1. The summed E-state index contributed by atoms with van der Waals surface area (Å²) >= 11 is 0. The molecule has 6 heteroatoms. The van der Waals surface area contributed by atoms with Gasteiger partial charge in [0.1, 0.15) is 5.75 Å². The van der Waals surface area contributed by atoms with Crippen LogP contribution in [0.5, 0.6) is 5.75 Å². The average Bonchev–Trinajstić information content (AvgIpc) is 3.16. The SMILES string of the molecule is COc1ccccc1-c1nnc(CCC(=O)NCCc2ccccc2)o1. The van der Waals surface area contributed by atoms with Gasteiger partial charge in [-0.05, 0) is 24.1 Å². The van der Waals surface area contributed by atoms with Crippen LogP contribution in [0.2, 0.25) is 0 Å². The van der Waals surface area contributed by atoms with Gasteiger partial charge in [0.15, 0.2) is 0 Å². The van der Waals surface area contributed by atoms with E-state index in [0.29, 0.717) is 36.9 Å². The summed E-state index contributed by atoms with van der Waals surface area (Å²) in [5.41, 5.74) is 1.94. The summed E-state index contributed by atoms with van der Waals surface area (Å²) in [5.74, 6) is 1.46. The quantitative estimate of drug-likeness (QED) is 0.675.